The van der Waals surface area contributed by atoms with E-state index in [2.05, 4.69) is 10.3 Å². The average molecular weight is 386 g/mol. The van der Waals surface area contributed by atoms with Crippen LogP contribution < -0.4 is 10.9 Å². The molecule has 0 bridgehead atoms. The Morgan fingerprint density at radius 2 is 2.04 bits per heavy atom. The molecule has 0 atom stereocenters. The van der Waals surface area contributed by atoms with E-state index >= 15 is 0 Å². The highest BCUT2D eigenvalue weighted by molar-refractivity contribution is 7.18. The van der Waals surface area contributed by atoms with Gasteiger partial charge in [-0.15, -0.1) is 11.3 Å². The van der Waals surface area contributed by atoms with Crippen molar-refractivity contribution in [1.82, 2.24) is 4.98 Å². The lowest BCUT2D eigenvalue weighted by Crippen LogP contribution is -2.23. The van der Waals surface area contributed by atoms with Gasteiger partial charge in [-0.2, -0.15) is 0 Å². The number of halogens is 1. The molecule has 2 heterocycles. The molecule has 0 saturated carbocycles. The second kappa shape index (κ2) is 6.81. The number of aromatic amines is 1. The first-order valence-corrected chi connectivity index (χ1v) is 9.74. The zero-order chi connectivity index (χ0) is 19.1. The summed E-state index contributed by atoms with van der Waals surface area (Å²) in [6, 6.07) is 4.14. The summed E-state index contributed by atoms with van der Waals surface area (Å²) in [5.41, 5.74) is 0.835. The number of aromatic hydroxyl groups is 1. The molecule has 0 spiro atoms. The van der Waals surface area contributed by atoms with Crippen molar-refractivity contribution in [2.24, 2.45) is 0 Å². The molecule has 3 aromatic rings. The molecule has 0 saturated heterocycles. The lowest BCUT2D eigenvalue weighted by Gasteiger charge is -2.09. The average Bonchev–Trinajstić information content (AvgIpc) is 2.79. The lowest BCUT2D eigenvalue weighted by molar-refractivity contribution is 0.102. The van der Waals surface area contributed by atoms with Crippen molar-refractivity contribution in [2.45, 2.75) is 39.0 Å². The standard InChI is InChI=1S/C20H19FN2O3S/c1-10-9-11(7-8-13(10)21)22-18(25)16-17(24)15-12-5-3-2-4-6-14(12)27-20(15)23-19(16)26/h7-9H,2-6H2,1H3,(H,22,25)(H2,23,24,26). The molecule has 2 aromatic heterocycles. The first-order chi connectivity index (χ1) is 13.0. The summed E-state index contributed by atoms with van der Waals surface area (Å²) in [7, 11) is 0. The molecule has 0 radical (unpaired) electrons. The lowest BCUT2D eigenvalue weighted by atomic mass is 10.0. The predicted molar refractivity (Wildman–Crippen MR) is 104 cm³/mol. The van der Waals surface area contributed by atoms with E-state index in [-0.39, 0.29) is 17.1 Å². The van der Waals surface area contributed by atoms with Gasteiger partial charge in [0, 0.05) is 10.6 Å². The number of amides is 1. The van der Waals surface area contributed by atoms with Crippen LogP contribution in [0.15, 0.2) is 23.0 Å². The Labute approximate surface area is 158 Å². The van der Waals surface area contributed by atoms with Crippen LogP contribution in [0, 0.1) is 12.7 Å². The van der Waals surface area contributed by atoms with E-state index in [9.17, 15) is 19.1 Å². The number of carbonyl (C=O) groups is 1. The van der Waals surface area contributed by atoms with Crippen LogP contribution in [0.4, 0.5) is 10.1 Å². The van der Waals surface area contributed by atoms with Crippen molar-refractivity contribution in [3.05, 3.63) is 55.9 Å². The van der Waals surface area contributed by atoms with Crippen LogP contribution in [0.1, 0.15) is 45.6 Å². The maximum Gasteiger partial charge on any atom is 0.265 e. The van der Waals surface area contributed by atoms with Crippen LogP contribution in [0.2, 0.25) is 0 Å². The first kappa shape index (κ1) is 17.7. The fourth-order valence-corrected chi connectivity index (χ4v) is 4.89. The van der Waals surface area contributed by atoms with Crippen molar-refractivity contribution in [2.75, 3.05) is 5.32 Å². The second-order valence-electron chi connectivity index (χ2n) is 6.86. The number of aromatic nitrogens is 1. The molecule has 7 heteroatoms. The van der Waals surface area contributed by atoms with Gasteiger partial charge in [0.1, 0.15) is 22.0 Å². The van der Waals surface area contributed by atoms with Crippen molar-refractivity contribution in [3.63, 3.8) is 0 Å². The zero-order valence-electron chi connectivity index (χ0n) is 14.8. The summed E-state index contributed by atoms with van der Waals surface area (Å²) in [5, 5.41) is 13.9. The molecule has 1 aliphatic rings. The Kier molecular flexibility index (Phi) is 4.47. The van der Waals surface area contributed by atoms with Crippen LogP contribution in [0.5, 0.6) is 5.75 Å². The smallest absolute Gasteiger partial charge is 0.265 e. The van der Waals surface area contributed by atoms with Gasteiger partial charge in [-0.05, 0) is 61.9 Å². The van der Waals surface area contributed by atoms with Gasteiger partial charge in [0.2, 0.25) is 0 Å². The molecule has 0 unspecified atom stereocenters. The normalized spacial score (nSPS) is 14.0. The van der Waals surface area contributed by atoms with E-state index in [1.165, 1.54) is 34.4 Å². The van der Waals surface area contributed by atoms with Gasteiger partial charge >= 0.3 is 0 Å². The van der Waals surface area contributed by atoms with Crippen LogP contribution in [-0.2, 0) is 12.8 Å². The number of H-pyrrole nitrogens is 1. The summed E-state index contributed by atoms with van der Waals surface area (Å²) in [6.07, 6.45) is 4.99. The minimum atomic E-state index is -0.713. The number of nitrogens with one attached hydrogen (secondary N) is 2. The first-order valence-electron chi connectivity index (χ1n) is 8.92. The number of thiophene rings is 1. The van der Waals surface area contributed by atoms with Crippen molar-refractivity contribution in [3.8, 4) is 5.75 Å². The molecule has 1 aromatic carbocycles. The van der Waals surface area contributed by atoms with E-state index in [1.54, 1.807) is 6.92 Å². The number of carbonyl (C=O) groups excluding carboxylic acids is 1. The number of fused-ring (bicyclic) bond motifs is 3. The van der Waals surface area contributed by atoms with Gasteiger partial charge < -0.3 is 15.4 Å². The van der Waals surface area contributed by atoms with Gasteiger partial charge in [-0.1, -0.05) is 6.42 Å². The van der Waals surface area contributed by atoms with Crippen molar-refractivity contribution in [1.29, 1.82) is 0 Å². The highest BCUT2D eigenvalue weighted by atomic mass is 32.1. The van der Waals surface area contributed by atoms with E-state index in [1.807, 2.05) is 0 Å². The van der Waals surface area contributed by atoms with Gasteiger partial charge in [-0.25, -0.2) is 4.39 Å². The highest BCUT2D eigenvalue weighted by Crippen LogP contribution is 2.39. The molecule has 4 rings (SSSR count). The maximum atomic E-state index is 13.4. The third-order valence-corrected chi connectivity index (χ3v) is 6.20. The number of rotatable bonds is 2. The summed E-state index contributed by atoms with van der Waals surface area (Å²) >= 11 is 1.48. The molecule has 5 nitrogen and oxygen atoms in total. The van der Waals surface area contributed by atoms with E-state index in [0.717, 1.165) is 37.7 Å². The Morgan fingerprint density at radius 3 is 2.81 bits per heavy atom. The molecule has 1 amide bonds. The summed E-state index contributed by atoms with van der Waals surface area (Å²) < 4.78 is 13.4. The molecule has 27 heavy (non-hydrogen) atoms. The SMILES string of the molecule is Cc1cc(NC(=O)c2c(O)c3c4c(sc3[nH]c2=O)CCCCC4)ccc1F. The minimum Gasteiger partial charge on any atom is -0.506 e. The Balaban J connectivity index is 1.78. The highest BCUT2D eigenvalue weighted by Gasteiger charge is 2.25. The molecule has 3 N–H and O–H groups in total. The van der Waals surface area contributed by atoms with Gasteiger partial charge in [0.25, 0.3) is 11.5 Å². The molecule has 0 fully saturated rings. The number of anilines is 1. The van der Waals surface area contributed by atoms with Gasteiger partial charge in [0.05, 0.1) is 5.39 Å². The topological polar surface area (TPSA) is 82.2 Å². The monoisotopic (exact) mass is 386 g/mol. The fraction of sp³-hybridized carbons (Fsp3) is 0.300. The summed E-state index contributed by atoms with van der Waals surface area (Å²) in [4.78, 5) is 29.7. The van der Waals surface area contributed by atoms with E-state index in [4.69, 9.17) is 0 Å². The molecular weight excluding hydrogens is 367 g/mol. The zero-order valence-corrected chi connectivity index (χ0v) is 15.6. The number of aryl methyl sites for hydroxylation is 3. The Bertz CT molecular complexity index is 1120. The molecule has 1 aliphatic carbocycles. The molecule has 140 valence electrons. The van der Waals surface area contributed by atoms with Gasteiger partial charge in [-0.3, -0.25) is 9.59 Å². The van der Waals surface area contributed by atoms with Crippen LogP contribution in [0.25, 0.3) is 10.2 Å². The fourth-order valence-electron chi connectivity index (χ4n) is 3.61. The number of benzene rings is 1. The predicted octanol–water partition coefficient (Wildman–Crippen LogP) is 4.26. The van der Waals surface area contributed by atoms with Crippen molar-refractivity contribution >= 4 is 33.1 Å². The molecule has 0 aliphatic heterocycles. The third kappa shape index (κ3) is 3.12. The minimum absolute atomic E-state index is 0.274. The second-order valence-corrected chi connectivity index (χ2v) is 7.97. The van der Waals surface area contributed by atoms with E-state index in [0.29, 0.717) is 21.5 Å². The summed E-state index contributed by atoms with van der Waals surface area (Å²) in [6.45, 7) is 1.59. The molecular formula is C20H19FN2O3S. The number of hydrogen-bond acceptors (Lipinski definition) is 4. The summed E-state index contributed by atoms with van der Waals surface area (Å²) in [5.74, 6) is -1.37. The largest absolute Gasteiger partial charge is 0.506 e. The number of hydrogen-bond donors (Lipinski definition) is 3. The Morgan fingerprint density at radius 1 is 1.26 bits per heavy atom. The van der Waals surface area contributed by atoms with Crippen LogP contribution in [0.3, 0.4) is 0 Å². The quantitative estimate of drug-likeness (QED) is 0.576. The Hall–Kier alpha value is -2.67. The van der Waals surface area contributed by atoms with Crippen LogP contribution in [-0.4, -0.2) is 16.0 Å². The third-order valence-electron chi connectivity index (χ3n) is 4.99. The van der Waals surface area contributed by atoms with Crippen LogP contribution >= 0.6 is 11.3 Å². The number of pyridine rings is 1. The van der Waals surface area contributed by atoms with Gasteiger partial charge in [0.15, 0.2) is 0 Å². The van der Waals surface area contributed by atoms with E-state index < -0.39 is 11.5 Å². The maximum absolute atomic E-state index is 13.4. The van der Waals surface area contributed by atoms with Crippen molar-refractivity contribution < 1.29 is 14.3 Å².